The van der Waals surface area contributed by atoms with Crippen LogP contribution < -0.4 is 10.0 Å². The molecular weight excluding hydrogens is 576 g/mol. The topological polar surface area (TPSA) is 119 Å². The summed E-state index contributed by atoms with van der Waals surface area (Å²) in [5, 5.41) is 0.720. The van der Waals surface area contributed by atoms with E-state index in [1.54, 1.807) is 6.07 Å². The lowest BCUT2D eigenvalue weighted by Crippen LogP contribution is -2.40. The standard InChI is InChI=1S/C30H33F2N7O3S/c1-43(41,42)39(30(31)32)24-9-6-18-12-23(37(28(18)35-24)15-16-2-3-16)26-27(17-4-5-17)36-11-10-19(13-25(36)34-26)29(40)38-20-7-8-22(38)21(33)14-20/h6,9-13,16-17,20-22,30H,2-5,7-8,14-15,33H2,1H3/t20-,21+,22+/m0/s1. The van der Waals surface area contributed by atoms with Crippen molar-refractivity contribution in [3.8, 4) is 11.4 Å². The number of nitrogens with two attached hydrogens (primary N) is 1. The van der Waals surface area contributed by atoms with Crippen LogP contribution in [0.15, 0.2) is 36.5 Å². The van der Waals surface area contributed by atoms with Gasteiger partial charge in [-0.05, 0) is 81.2 Å². The first-order chi connectivity index (χ1) is 20.6. The minimum atomic E-state index is -4.25. The number of fused-ring (bicyclic) bond motifs is 4. The van der Waals surface area contributed by atoms with Crippen LogP contribution in [0.3, 0.4) is 0 Å². The van der Waals surface area contributed by atoms with E-state index < -0.39 is 16.6 Å². The maximum atomic E-state index is 13.8. The highest BCUT2D eigenvalue weighted by Gasteiger charge is 2.47. The summed E-state index contributed by atoms with van der Waals surface area (Å²) >= 11 is 0. The van der Waals surface area contributed by atoms with Gasteiger partial charge < -0.3 is 19.6 Å². The molecule has 4 aliphatic rings. The molecule has 2 bridgehead atoms. The summed E-state index contributed by atoms with van der Waals surface area (Å²) in [6, 6.07) is 8.96. The molecule has 13 heteroatoms. The monoisotopic (exact) mass is 609 g/mol. The van der Waals surface area contributed by atoms with E-state index in [-0.39, 0.29) is 34.2 Å². The fraction of sp³-hybridized carbons (Fsp3) is 0.500. The molecule has 4 aromatic rings. The van der Waals surface area contributed by atoms with Crippen molar-refractivity contribution in [3.05, 3.63) is 47.8 Å². The van der Waals surface area contributed by atoms with Crippen LogP contribution >= 0.6 is 0 Å². The zero-order valence-corrected chi connectivity index (χ0v) is 24.6. The summed E-state index contributed by atoms with van der Waals surface area (Å²) < 4.78 is 56.2. The number of nitrogens with zero attached hydrogens (tertiary/aromatic N) is 6. The van der Waals surface area contributed by atoms with Crippen LogP contribution in [0.25, 0.3) is 28.1 Å². The highest BCUT2D eigenvalue weighted by Crippen LogP contribution is 2.46. The van der Waals surface area contributed by atoms with Crippen LogP contribution in [0.1, 0.15) is 66.9 Å². The predicted molar refractivity (Wildman–Crippen MR) is 158 cm³/mol. The highest BCUT2D eigenvalue weighted by molar-refractivity contribution is 7.92. The van der Waals surface area contributed by atoms with E-state index in [1.165, 1.54) is 6.07 Å². The second-order valence-electron chi connectivity index (χ2n) is 12.7. The summed E-state index contributed by atoms with van der Waals surface area (Å²) in [4.78, 5) is 25.2. The Morgan fingerprint density at radius 2 is 1.88 bits per heavy atom. The number of sulfonamides is 1. The Hall–Kier alpha value is -3.58. The van der Waals surface area contributed by atoms with Gasteiger partial charge in [-0.3, -0.25) is 4.79 Å². The van der Waals surface area contributed by atoms with E-state index in [4.69, 9.17) is 10.7 Å². The molecule has 0 aromatic carbocycles. The molecule has 4 fully saturated rings. The van der Waals surface area contributed by atoms with Crippen molar-refractivity contribution in [1.82, 2.24) is 23.8 Å². The molecule has 0 spiro atoms. The van der Waals surface area contributed by atoms with Gasteiger partial charge in [0.2, 0.25) is 10.0 Å². The number of hydrogen-bond acceptors (Lipinski definition) is 6. The van der Waals surface area contributed by atoms with Crippen LogP contribution in [0.4, 0.5) is 14.6 Å². The van der Waals surface area contributed by atoms with Crippen molar-refractivity contribution in [3.63, 3.8) is 0 Å². The third-order valence-corrected chi connectivity index (χ3v) is 10.6. The van der Waals surface area contributed by atoms with Crippen LogP contribution in [0, 0.1) is 5.92 Å². The molecule has 2 N–H and O–H groups in total. The number of amides is 1. The van der Waals surface area contributed by atoms with E-state index in [9.17, 15) is 22.0 Å². The predicted octanol–water partition coefficient (Wildman–Crippen LogP) is 4.33. The van der Waals surface area contributed by atoms with Crippen LogP contribution in [-0.2, 0) is 16.6 Å². The van der Waals surface area contributed by atoms with Gasteiger partial charge in [-0.2, -0.15) is 13.1 Å². The number of aromatic nitrogens is 4. The molecule has 3 atom stereocenters. The number of halogens is 2. The molecular formula is C30H33F2N7O3S. The summed E-state index contributed by atoms with van der Waals surface area (Å²) in [6.07, 6.45) is 9.63. The number of carbonyl (C=O) groups is 1. The van der Waals surface area contributed by atoms with Gasteiger partial charge in [-0.1, -0.05) is 0 Å². The van der Waals surface area contributed by atoms with E-state index in [0.717, 1.165) is 73.7 Å². The summed E-state index contributed by atoms with van der Waals surface area (Å²) in [5.74, 6) is 0.417. The number of hydrogen-bond donors (Lipinski definition) is 1. The van der Waals surface area contributed by atoms with E-state index in [1.807, 2.05) is 33.9 Å². The van der Waals surface area contributed by atoms with Crippen molar-refractivity contribution in [2.75, 3.05) is 10.6 Å². The first kappa shape index (κ1) is 27.0. The number of rotatable bonds is 8. The van der Waals surface area contributed by atoms with Gasteiger partial charge in [0.1, 0.15) is 22.8 Å². The molecule has 4 aromatic heterocycles. The smallest absolute Gasteiger partial charge is 0.329 e. The first-order valence-corrected chi connectivity index (χ1v) is 16.8. The number of alkyl halides is 2. The maximum absolute atomic E-state index is 13.8. The Kier molecular flexibility index (Phi) is 5.94. The fourth-order valence-electron chi connectivity index (χ4n) is 7.23. The molecule has 0 radical (unpaired) electrons. The molecule has 2 saturated carbocycles. The van der Waals surface area contributed by atoms with Crippen molar-refractivity contribution in [1.29, 1.82) is 0 Å². The molecule has 2 aliphatic heterocycles. The van der Waals surface area contributed by atoms with Crippen LogP contribution in [0.5, 0.6) is 0 Å². The maximum Gasteiger partial charge on any atom is 0.329 e. The second kappa shape index (κ2) is 9.46. The zero-order chi connectivity index (χ0) is 29.8. The van der Waals surface area contributed by atoms with Crippen molar-refractivity contribution in [2.24, 2.45) is 11.7 Å². The minimum absolute atomic E-state index is 0.00508. The Labute approximate surface area is 247 Å². The Morgan fingerprint density at radius 3 is 2.51 bits per heavy atom. The molecule has 43 heavy (non-hydrogen) atoms. The normalized spacial score (nSPS) is 23.7. The molecule has 10 nitrogen and oxygen atoms in total. The van der Waals surface area contributed by atoms with Crippen LogP contribution in [-0.4, -0.2) is 69.1 Å². The highest BCUT2D eigenvalue weighted by atomic mass is 32.2. The molecule has 8 rings (SSSR count). The Morgan fingerprint density at radius 1 is 1.09 bits per heavy atom. The Bertz CT molecular complexity index is 1900. The fourth-order valence-corrected chi connectivity index (χ4v) is 7.96. The third-order valence-electron chi connectivity index (χ3n) is 9.56. The van der Waals surface area contributed by atoms with E-state index in [2.05, 4.69) is 9.38 Å². The lowest BCUT2D eigenvalue weighted by atomic mass is 9.97. The van der Waals surface area contributed by atoms with Crippen molar-refractivity contribution in [2.45, 2.75) is 82.1 Å². The van der Waals surface area contributed by atoms with Crippen molar-refractivity contribution < 1.29 is 22.0 Å². The molecule has 2 aliphatic carbocycles. The molecule has 1 amide bonds. The van der Waals surface area contributed by atoms with Gasteiger partial charge >= 0.3 is 6.55 Å². The van der Waals surface area contributed by atoms with E-state index >= 15 is 0 Å². The zero-order valence-electron chi connectivity index (χ0n) is 23.7. The first-order valence-electron chi connectivity index (χ1n) is 15.0. The number of carbonyl (C=O) groups excluding carboxylic acids is 1. The lowest BCUT2D eigenvalue weighted by molar-refractivity contribution is 0.0726. The number of pyridine rings is 2. The second-order valence-corrected chi connectivity index (χ2v) is 14.5. The van der Waals surface area contributed by atoms with Gasteiger partial charge in [0, 0.05) is 47.7 Å². The van der Waals surface area contributed by atoms with Gasteiger partial charge in [0.25, 0.3) is 5.91 Å². The average molecular weight is 610 g/mol. The molecule has 2 saturated heterocycles. The SMILES string of the molecule is CS(=O)(=O)N(c1ccc2cc(-c3nc4cc(C(=O)N5[C@H]6CC[C@@H]5[C@H](N)C6)ccn4c3C3CC3)n(CC3CC3)c2n1)C(F)F. The minimum Gasteiger partial charge on any atom is -0.331 e. The third kappa shape index (κ3) is 4.42. The summed E-state index contributed by atoms with van der Waals surface area (Å²) in [5.41, 5.74) is 10.7. The van der Waals surface area contributed by atoms with Crippen molar-refractivity contribution >= 4 is 38.4 Å². The molecule has 226 valence electrons. The lowest BCUT2D eigenvalue weighted by Gasteiger charge is -2.23. The summed E-state index contributed by atoms with van der Waals surface area (Å²) in [6.45, 7) is -2.63. The van der Waals surface area contributed by atoms with Gasteiger partial charge in [0.15, 0.2) is 0 Å². The molecule has 0 unspecified atom stereocenters. The number of anilines is 1. The van der Waals surface area contributed by atoms with Gasteiger partial charge in [-0.15, -0.1) is 0 Å². The Balaban J connectivity index is 1.25. The van der Waals surface area contributed by atoms with Gasteiger partial charge in [-0.25, -0.2) is 18.4 Å². The van der Waals surface area contributed by atoms with Gasteiger partial charge in [0.05, 0.1) is 17.6 Å². The van der Waals surface area contributed by atoms with Crippen LogP contribution in [0.2, 0.25) is 0 Å². The largest absolute Gasteiger partial charge is 0.331 e. The molecule has 6 heterocycles. The average Bonchev–Trinajstić information content (AvgIpc) is 3.83. The number of imidazole rings is 1. The van der Waals surface area contributed by atoms with E-state index in [0.29, 0.717) is 35.2 Å². The quantitative estimate of drug-likeness (QED) is 0.297. The summed E-state index contributed by atoms with van der Waals surface area (Å²) in [7, 11) is -4.25.